The lowest BCUT2D eigenvalue weighted by Crippen LogP contribution is -2.56. The lowest BCUT2D eigenvalue weighted by atomic mass is 9.93. The molecule has 1 saturated carbocycles. The number of nitrogens with zero attached hydrogens (tertiary/aromatic N) is 2. The van der Waals surface area contributed by atoms with E-state index in [1.165, 1.54) is 37.7 Å². The maximum Gasteiger partial charge on any atom is 0.0869 e. The van der Waals surface area contributed by atoms with E-state index in [9.17, 15) is 0 Å². The van der Waals surface area contributed by atoms with Crippen LogP contribution in [0.1, 0.15) is 50.6 Å². The van der Waals surface area contributed by atoms with Gasteiger partial charge in [0.1, 0.15) is 0 Å². The van der Waals surface area contributed by atoms with E-state index >= 15 is 0 Å². The predicted octanol–water partition coefficient (Wildman–Crippen LogP) is 2.92. The largest absolute Gasteiger partial charge is 0.296 e. The van der Waals surface area contributed by atoms with Crippen molar-refractivity contribution in [1.29, 1.82) is 0 Å². The first-order valence-corrected chi connectivity index (χ1v) is 8.54. The van der Waals surface area contributed by atoms with Crippen LogP contribution >= 0.6 is 0 Å². The van der Waals surface area contributed by atoms with Gasteiger partial charge in [-0.3, -0.25) is 10.2 Å². The zero-order chi connectivity index (χ0) is 14.5. The van der Waals surface area contributed by atoms with Gasteiger partial charge in [0.15, 0.2) is 0 Å². The van der Waals surface area contributed by atoms with Crippen LogP contribution in [0.25, 0.3) is 0 Å². The lowest BCUT2D eigenvalue weighted by Gasteiger charge is -2.40. The maximum absolute atomic E-state index is 4.79. The number of hydrogen-bond donors (Lipinski definition) is 1. The number of rotatable bonds is 4. The molecule has 1 aliphatic heterocycles. The fourth-order valence-electron chi connectivity index (χ4n) is 3.72. The van der Waals surface area contributed by atoms with Crippen molar-refractivity contribution in [2.75, 3.05) is 19.6 Å². The Morgan fingerprint density at radius 1 is 1.14 bits per heavy atom. The highest BCUT2D eigenvalue weighted by Gasteiger charge is 2.27. The minimum Gasteiger partial charge on any atom is -0.296 e. The summed E-state index contributed by atoms with van der Waals surface area (Å²) in [6, 6.07) is 11.9. The Kier molecular flexibility index (Phi) is 5.28. The average molecular weight is 286 g/mol. The first-order chi connectivity index (χ1) is 10.3. The smallest absolute Gasteiger partial charge is 0.0869 e. The Balaban J connectivity index is 1.53. The molecule has 1 N–H and O–H groups in total. The van der Waals surface area contributed by atoms with Crippen molar-refractivity contribution >= 4 is 0 Å². The summed E-state index contributed by atoms with van der Waals surface area (Å²) in [7, 11) is 0. The molecule has 1 aromatic rings. The van der Waals surface area contributed by atoms with Crippen LogP contribution in [0.3, 0.4) is 0 Å². The summed E-state index contributed by atoms with van der Waals surface area (Å²) >= 11 is 0. The van der Waals surface area contributed by atoms with Gasteiger partial charge in [0.05, 0.1) is 6.17 Å². The van der Waals surface area contributed by atoms with Crippen LogP contribution in [0.4, 0.5) is 0 Å². The van der Waals surface area contributed by atoms with Crippen LogP contribution in [-0.4, -0.2) is 36.7 Å². The van der Waals surface area contributed by atoms with E-state index in [4.69, 9.17) is 5.32 Å². The maximum atomic E-state index is 4.79. The minimum atomic E-state index is 0.288. The Morgan fingerprint density at radius 3 is 2.67 bits per heavy atom. The van der Waals surface area contributed by atoms with Gasteiger partial charge in [-0.15, -0.1) is 0 Å². The molecule has 0 aromatic heterocycles. The molecule has 2 atom stereocenters. The molecule has 3 heteroatoms. The summed E-state index contributed by atoms with van der Waals surface area (Å²) in [6.07, 6.45) is 7.33. The van der Waals surface area contributed by atoms with Crippen LogP contribution in [0.5, 0.6) is 0 Å². The van der Waals surface area contributed by atoms with Crippen molar-refractivity contribution in [2.45, 2.75) is 57.3 Å². The molecule has 1 aliphatic carbocycles. The highest BCUT2D eigenvalue weighted by Crippen LogP contribution is 2.23. The number of piperazine rings is 1. The Hall–Kier alpha value is -0.900. The van der Waals surface area contributed by atoms with Crippen molar-refractivity contribution in [3.05, 3.63) is 35.9 Å². The molecule has 1 heterocycles. The SMILES string of the molecule is CC(N[C@@H]1CN(C2CCCCC2)CC[N]1)c1ccccc1. The molecular formula is C18H28N3. The summed E-state index contributed by atoms with van der Waals surface area (Å²) in [5.74, 6) is 0. The second kappa shape index (κ2) is 7.39. The second-order valence-corrected chi connectivity index (χ2v) is 6.51. The topological polar surface area (TPSA) is 29.4 Å². The molecule has 1 unspecified atom stereocenters. The molecule has 1 aromatic carbocycles. The van der Waals surface area contributed by atoms with Crippen LogP contribution in [0, 0.1) is 0 Å². The van der Waals surface area contributed by atoms with Crippen molar-refractivity contribution in [2.24, 2.45) is 0 Å². The Labute approximate surface area is 129 Å². The van der Waals surface area contributed by atoms with Gasteiger partial charge in [0.2, 0.25) is 0 Å². The fourth-order valence-corrected chi connectivity index (χ4v) is 3.72. The van der Waals surface area contributed by atoms with E-state index in [-0.39, 0.29) is 6.17 Å². The van der Waals surface area contributed by atoms with Crippen LogP contribution < -0.4 is 10.6 Å². The molecule has 0 spiro atoms. The monoisotopic (exact) mass is 286 g/mol. The average Bonchev–Trinajstić information content (AvgIpc) is 2.57. The predicted molar refractivity (Wildman–Crippen MR) is 87.2 cm³/mol. The van der Waals surface area contributed by atoms with Crippen molar-refractivity contribution in [1.82, 2.24) is 15.5 Å². The summed E-state index contributed by atoms with van der Waals surface area (Å²) in [5.41, 5.74) is 1.35. The van der Waals surface area contributed by atoms with Gasteiger partial charge in [-0.2, -0.15) is 0 Å². The van der Waals surface area contributed by atoms with Crippen molar-refractivity contribution < 1.29 is 0 Å². The first-order valence-electron chi connectivity index (χ1n) is 8.54. The summed E-state index contributed by atoms with van der Waals surface area (Å²) < 4.78 is 0. The number of nitrogens with one attached hydrogen (secondary N) is 1. The molecule has 0 amide bonds. The summed E-state index contributed by atoms with van der Waals surface area (Å²) in [6.45, 7) is 5.46. The van der Waals surface area contributed by atoms with Crippen LogP contribution in [-0.2, 0) is 0 Å². The standard InChI is InChI=1S/C18H28N3/c1-15(16-8-4-2-5-9-16)20-18-14-21(13-12-19-18)17-10-6-3-7-11-17/h2,4-5,8-9,15,17-18,20H,3,6-7,10-14H2,1H3/t15?,18-/m1/s1. The zero-order valence-electron chi connectivity index (χ0n) is 13.2. The fraction of sp³-hybridized carbons (Fsp3) is 0.667. The quantitative estimate of drug-likeness (QED) is 0.922. The number of hydrogen-bond acceptors (Lipinski definition) is 2. The number of benzene rings is 1. The van der Waals surface area contributed by atoms with E-state index in [1.54, 1.807) is 0 Å². The molecular weight excluding hydrogens is 258 g/mol. The van der Waals surface area contributed by atoms with E-state index in [2.05, 4.69) is 47.5 Å². The molecule has 0 bridgehead atoms. The van der Waals surface area contributed by atoms with E-state index in [0.29, 0.717) is 6.04 Å². The Bertz CT molecular complexity index is 414. The zero-order valence-corrected chi connectivity index (χ0v) is 13.2. The van der Waals surface area contributed by atoms with E-state index in [1.807, 2.05) is 0 Å². The molecule has 1 radical (unpaired) electrons. The van der Waals surface area contributed by atoms with Gasteiger partial charge >= 0.3 is 0 Å². The van der Waals surface area contributed by atoms with Gasteiger partial charge in [0.25, 0.3) is 0 Å². The first kappa shape index (κ1) is 15.0. The van der Waals surface area contributed by atoms with Gasteiger partial charge in [0, 0.05) is 31.7 Å². The highest BCUT2D eigenvalue weighted by molar-refractivity contribution is 5.18. The van der Waals surface area contributed by atoms with Gasteiger partial charge in [-0.25, -0.2) is 5.32 Å². The van der Waals surface area contributed by atoms with Crippen molar-refractivity contribution in [3.8, 4) is 0 Å². The third-order valence-corrected chi connectivity index (χ3v) is 4.98. The third kappa shape index (κ3) is 4.06. The summed E-state index contributed by atoms with van der Waals surface area (Å²) in [4.78, 5) is 2.68. The van der Waals surface area contributed by atoms with Crippen molar-refractivity contribution in [3.63, 3.8) is 0 Å². The summed E-state index contributed by atoms with van der Waals surface area (Å²) in [5, 5.41) is 8.48. The minimum absolute atomic E-state index is 0.288. The molecule has 2 aliphatic rings. The van der Waals surface area contributed by atoms with Gasteiger partial charge in [-0.05, 0) is 25.3 Å². The lowest BCUT2D eigenvalue weighted by molar-refractivity contribution is 0.100. The van der Waals surface area contributed by atoms with Gasteiger partial charge in [-0.1, -0.05) is 49.6 Å². The van der Waals surface area contributed by atoms with Gasteiger partial charge < -0.3 is 0 Å². The second-order valence-electron chi connectivity index (χ2n) is 6.51. The molecule has 115 valence electrons. The molecule has 21 heavy (non-hydrogen) atoms. The molecule has 1 saturated heterocycles. The van der Waals surface area contributed by atoms with E-state index < -0.39 is 0 Å². The highest BCUT2D eigenvalue weighted by atomic mass is 15.3. The molecule has 2 fully saturated rings. The molecule has 3 rings (SSSR count). The molecule has 3 nitrogen and oxygen atoms in total. The third-order valence-electron chi connectivity index (χ3n) is 4.98. The van der Waals surface area contributed by atoms with E-state index in [0.717, 1.165) is 25.7 Å². The normalized spacial score (nSPS) is 26.6. The van der Waals surface area contributed by atoms with Crippen LogP contribution in [0.2, 0.25) is 0 Å². The Morgan fingerprint density at radius 2 is 1.90 bits per heavy atom. The van der Waals surface area contributed by atoms with Crippen LogP contribution in [0.15, 0.2) is 30.3 Å².